The second-order valence-electron chi connectivity index (χ2n) is 6.32. The summed E-state index contributed by atoms with van der Waals surface area (Å²) in [6, 6.07) is 14.4. The Bertz CT molecular complexity index is 759. The van der Waals surface area contributed by atoms with Gasteiger partial charge in [0, 0.05) is 11.3 Å². The molecule has 26 heavy (non-hydrogen) atoms. The molecule has 1 aliphatic rings. The zero-order valence-electron chi connectivity index (χ0n) is 14.3. The second kappa shape index (κ2) is 7.97. The van der Waals surface area contributed by atoms with Crippen molar-refractivity contribution in [1.29, 1.82) is 0 Å². The van der Waals surface area contributed by atoms with Gasteiger partial charge in [-0.25, -0.2) is 9.18 Å². The number of nitrogens with zero attached hydrogens (tertiary/aromatic N) is 1. The highest BCUT2D eigenvalue weighted by Gasteiger charge is 2.34. The number of carbonyl (C=O) groups excluding carboxylic acids is 2. The summed E-state index contributed by atoms with van der Waals surface area (Å²) < 4.78 is 13.1. The van der Waals surface area contributed by atoms with Crippen LogP contribution in [0.5, 0.6) is 0 Å². The van der Waals surface area contributed by atoms with Crippen LogP contribution in [0.15, 0.2) is 54.6 Å². The van der Waals surface area contributed by atoms with Crippen molar-refractivity contribution in [2.45, 2.75) is 6.04 Å². The first-order valence-electron chi connectivity index (χ1n) is 8.55. The van der Waals surface area contributed by atoms with Crippen LogP contribution < -0.4 is 20.9 Å². The molecule has 7 heteroatoms. The zero-order valence-corrected chi connectivity index (χ0v) is 14.3. The van der Waals surface area contributed by atoms with E-state index in [1.165, 1.54) is 12.1 Å². The molecular weight excluding hydrogens is 335 g/mol. The largest absolute Gasteiger partial charge is 0.360 e. The van der Waals surface area contributed by atoms with E-state index < -0.39 is 18.0 Å². The number of urea groups is 1. The van der Waals surface area contributed by atoms with Crippen LogP contribution in [-0.4, -0.2) is 38.1 Å². The predicted molar refractivity (Wildman–Crippen MR) is 96.2 cm³/mol. The van der Waals surface area contributed by atoms with E-state index in [1.54, 1.807) is 12.1 Å². The molecule has 0 saturated carbocycles. The average molecular weight is 357 g/mol. The molecule has 136 valence electrons. The van der Waals surface area contributed by atoms with Gasteiger partial charge in [0.05, 0.1) is 26.2 Å². The third kappa shape index (κ3) is 4.18. The number of hydrogen-bond acceptors (Lipinski definition) is 3. The number of anilines is 1. The van der Waals surface area contributed by atoms with Crippen molar-refractivity contribution in [3.63, 3.8) is 0 Å². The Labute approximate surface area is 151 Å². The molecule has 1 aliphatic heterocycles. The van der Waals surface area contributed by atoms with Crippen molar-refractivity contribution in [3.8, 4) is 0 Å². The molecule has 2 aromatic carbocycles. The lowest BCUT2D eigenvalue weighted by Crippen LogP contribution is -3.16. The number of hydrogen-bond donors (Lipinski definition) is 3. The highest BCUT2D eigenvalue weighted by Crippen LogP contribution is 2.16. The molecule has 6 nitrogen and oxygen atoms in total. The first-order chi connectivity index (χ1) is 12.5. The molecule has 0 aliphatic carbocycles. The first kappa shape index (κ1) is 17.9. The molecular formula is C19H22FN4O2+. The fraction of sp³-hybridized carbons (Fsp3) is 0.263. The van der Waals surface area contributed by atoms with E-state index >= 15 is 0 Å². The monoisotopic (exact) mass is 357 g/mol. The van der Waals surface area contributed by atoms with E-state index in [0.717, 1.165) is 29.2 Å². The molecule has 1 heterocycles. The number of rotatable bonds is 4. The number of amides is 3. The number of piperazine rings is 1. The summed E-state index contributed by atoms with van der Waals surface area (Å²) in [6.45, 7) is 2.88. The van der Waals surface area contributed by atoms with Gasteiger partial charge in [-0.05, 0) is 24.3 Å². The van der Waals surface area contributed by atoms with Gasteiger partial charge in [-0.2, -0.15) is 0 Å². The molecule has 0 unspecified atom stereocenters. The fourth-order valence-corrected chi connectivity index (χ4v) is 3.40. The lowest BCUT2D eigenvalue weighted by atomic mass is 10.0. The maximum absolute atomic E-state index is 13.1. The Hall–Kier alpha value is -2.93. The van der Waals surface area contributed by atoms with E-state index in [0.29, 0.717) is 13.1 Å². The lowest BCUT2D eigenvalue weighted by Gasteiger charge is -2.37. The maximum atomic E-state index is 13.1. The van der Waals surface area contributed by atoms with E-state index in [1.807, 2.05) is 30.3 Å². The van der Waals surface area contributed by atoms with Gasteiger partial charge in [-0.3, -0.25) is 10.1 Å². The minimum atomic E-state index is -0.847. The van der Waals surface area contributed by atoms with Crippen molar-refractivity contribution in [1.82, 2.24) is 5.32 Å². The number of nitrogens with one attached hydrogen (secondary N) is 2. The van der Waals surface area contributed by atoms with Crippen LogP contribution in [0.1, 0.15) is 11.6 Å². The van der Waals surface area contributed by atoms with Crippen LogP contribution in [0.3, 0.4) is 0 Å². The van der Waals surface area contributed by atoms with Crippen molar-refractivity contribution in [3.05, 3.63) is 66.0 Å². The number of halogens is 1. The van der Waals surface area contributed by atoms with Crippen LogP contribution in [0, 0.1) is 5.82 Å². The number of primary amides is 1. The van der Waals surface area contributed by atoms with Crippen molar-refractivity contribution < 1.29 is 18.9 Å². The normalized spacial score (nSPS) is 16.1. The van der Waals surface area contributed by atoms with Gasteiger partial charge in [-0.1, -0.05) is 30.3 Å². The summed E-state index contributed by atoms with van der Waals surface area (Å²) >= 11 is 0. The van der Waals surface area contributed by atoms with E-state index in [2.05, 4.69) is 10.2 Å². The molecule has 1 saturated heterocycles. The Morgan fingerprint density at radius 3 is 2.23 bits per heavy atom. The van der Waals surface area contributed by atoms with Crippen LogP contribution >= 0.6 is 0 Å². The smallest absolute Gasteiger partial charge is 0.319 e. The topological polar surface area (TPSA) is 79.9 Å². The second-order valence-corrected chi connectivity index (χ2v) is 6.32. The van der Waals surface area contributed by atoms with E-state index in [-0.39, 0.29) is 5.82 Å². The number of quaternary nitrogens is 1. The number of nitrogens with two attached hydrogens (primary N) is 1. The van der Waals surface area contributed by atoms with Gasteiger partial charge < -0.3 is 15.5 Å². The van der Waals surface area contributed by atoms with Gasteiger partial charge in [0.25, 0.3) is 5.91 Å². The molecule has 0 radical (unpaired) electrons. The van der Waals surface area contributed by atoms with Crippen LogP contribution in [0.2, 0.25) is 0 Å². The molecule has 0 spiro atoms. The van der Waals surface area contributed by atoms with Crippen LogP contribution in [0.4, 0.5) is 14.9 Å². The van der Waals surface area contributed by atoms with Crippen molar-refractivity contribution in [2.75, 3.05) is 31.1 Å². The van der Waals surface area contributed by atoms with Crippen molar-refractivity contribution in [2.24, 2.45) is 5.73 Å². The van der Waals surface area contributed by atoms with Crippen molar-refractivity contribution >= 4 is 17.6 Å². The van der Waals surface area contributed by atoms with E-state index in [9.17, 15) is 14.0 Å². The number of carbonyl (C=O) groups is 2. The predicted octanol–water partition coefficient (Wildman–Crippen LogP) is 0.467. The third-order valence-electron chi connectivity index (χ3n) is 4.65. The summed E-state index contributed by atoms with van der Waals surface area (Å²) in [5, 5.41) is 2.21. The van der Waals surface area contributed by atoms with Gasteiger partial charge in [0.1, 0.15) is 5.82 Å². The Morgan fingerprint density at radius 1 is 1.04 bits per heavy atom. The van der Waals surface area contributed by atoms with Crippen LogP contribution in [0.25, 0.3) is 0 Å². The molecule has 1 fully saturated rings. The van der Waals surface area contributed by atoms with E-state index in [4.69, 9.17) is 5.73 Å². The SMILES string of the molecule is NC(=O)NC(=O)[C@@H](c1ccccc1)[NH+]1CCN(c2ccc(F)cc2)CC1. The summed E-state index contributed by atoms with van der Waals surface area (Å²) in [4.78, 5) is 26.9. The summed E-state index contributed by atoms with van der Waals surface area (Å²) in [6.07, 6.45) is 0. The summed E-state index contributed by atoms with van der Waals surface area (Å²) in [7, 11) is 0. The highest BCUT2D eigenvalue weighted by atomic mass is 19.1. The molecule has 2 aromatic rings. The standard InChI is InChI=1S/C19H21FN4O2/c20-15-6-8-16(9-7-15)23-10-12-24(13-11-23)17(18(25)22-19(21)26)14-4-2-1-3-5-14/h1-9,17H,10-13H2,(H3,21,22,25,26)/p+1/t17-/m1/s1. The molecule has 0 bridgehead atoms. The quantitative estimate of drug-likeness (QED) is 0.744. The van der Waals surface area contributed by atoms with Gasteiger partial charge in [0.15, 0.2) is 6.04 Å². The molecule has 0 aromatic heterocycles. The van der Waals surface area contributed by atoms with Gasteiger partial charge >= 0.3 is 6.03 Å². The fourth-order valence-electron chi connectivity index (χ4n) is 3.40. The Kier molecular flexibility index (Phi) is 5.48. The minimum Gasteiger partial charge on any atom is -0.360 e. The summed E-state index contributed by atoms with van der Waals surface area (Å²) in [5.74, 6) is -0.654. The number of imide groups is 1. The highest BCUT2D eigenvalue weighted by molar-refractivity contribution is 5.96. The number of benzene rings is 2. The third-order valence-corrected chi connectivity index (χ3v) is 4.65. The lowest BCUT2D eigenvalue weighted by molar-refractivity contribution is -0.922. The first-order valence-corrected chi connectivity index (χ1v) is 8.55. The Balaban J connectivity index is 1.73. The van der Waals surface area contributed by atoms with Crippen LogP contribution in [-0.2, 0) is 4.79 Å². The maximum Gasteiger partial charge on any atom is 0.319 e. The van der Waals surface area contributed by atoms with Gasteiger partial charge in [0.2, 0.25) is 0 Å². The molecule has 1 atom stereocenters. The average Bonchev–Trinajstić information content (AvgIpc) is 2.63. The molecule has 3 amide bonds. The minimum absolute atomic E-state index is 0.259. The van der Waals surface area contributed by atoms with Gasteiger partial charge in [-0.15, -0.1) is 0 Å². The molecule has 4 N–H and O–H groups in total. The molecule has 3 rings (SSSR count). The summed E-state index contributed by atoms with van der Waals surface area (Å²) in [5.41, 5.74) is 6.94. The Morgan fingerprint density at radius 2 is 1.65 bits per heavy atom. The zero-order chi connectivity index (χ0) is 18.5.